The zero-order valence-electron chi connectivity index (χ0n) is 9.49. The molecule has 2 aromatic rings. The van der Waals surface area contributed by atoms with E-state index >= 15 is 0 Å². The Hall–Kier alpha value is -1.54. The molecule has 0 amide bonds. The van der Waals surface area contributed by atoms with Gasteiger partial charge in [0.15, 0.2) is 0 Å². The molecule has 106 valence electrons. The van der Waals surface area contributed by atoms with Gasteiger partial charge < -0.3 is 9.47 Å². The molecule has 0 aliphatic carbocycles. The van der Waals surface area contributed by atoms with E-state index in [0.717, 1.165) is 12.1 Å². The van der Waals surface area contributed by atoms with Crippen LogP contribution in [-0.2, 0) is 0 Å². The van der Waals surface area contributed by atoms with Crippen molar-refractivity contribution >= 4 is 27.5 Å². The normalized spacial score (nSPS) is 11.2. The Morgan fingerprint density at radius 3 is 2.30 bits per heavy atom. The topological polar surface area (TPSA) is 44.2 Å². The van der Waals surface area contributed by atoms with Crippen molar-refractivity contribution in [3.05, 3.63) is 40.2 Å². The molecule has 20 heavy (non-hydrogen) atoms. The average Bonchev–Trinajstić information content (AvgIpc) is 2.34. The van der Waals surface area contributed by atoms with Crippen LogP contribution in [0.1, 0.15) is 0 Å². The lowest BCUT2D eigenvalue weighted by Crippen LogP contribution is -2.16. The Kier molecular flexibility index (Phi) is 4.34. The van der Waals surface area contributed by atoms with Gasteiger partial charge in [0.25, 0.3) is 0 Å². The molecule has 2 rings (SSSR count). The molecule has 1 aromatic heterocycles. The minimum Gasteiger partial charge on any atom is -0.438 e. The fourth-order valence-corrected chi connectivity index (χ4v) is 1.62. The molecule has 0 aliphatic heterocycles. The highest BCUT2D eigenvalue weighted by Gasteiger charge is 2.30. The highest BCUT2D eigenvalue weighted by atomic mass is 79.9. The van der Waals surface area contributed by atoms with Crippen LogP contribution >= 0.6 is 27.5 Å². The van der Waals surface area contributed by atoms with Crippen molar-refractivity contribution in [1.29, 1.82) is 0 Å². The lowest BCUT2D eigenvalue weighted by molar-refractivity contribution is -0.274. The Balaban J connectivity index is 2.13. The molecule has 0 aliphatic rings. The molecule has 9 heteroatoms. The number of halogens is 5. The van der Waals surface area contributed by atoms with E-state index in [-0.39, 0.29) is 22.7 Å². The smallest absolute Gasteiger partial charge is 0.438 e. The molecular weight excluding hydrogens is 364 g/mol. The summed E-state index contributed by atoms with van der Waals surface area (Å²) in [7, 11) is 0. The summed E-state index contributed by atoms with van der Waals surface area (Å²) in [5.74, 6) is 0.0779. The number of alkyl halides is 3. The monoisotopic (exact) mass is 368 g/mol. The van der Waals surface area contributed by atoms with E-state index in [1.807, 2.05) is 0 Å². The molecule has 0 N–H and O–H groups in total. The zero-order chi connectivity index (χ0) is 14.8. The average molecular weight is 370 g/mol. The van der Waals surface area contributed by atoms with E-state index in [2.05, 4.69) is 30.6 Å². The van der Waals surface area contributed by atoms with Gasteiger partial charge in [0.2, 0.25) is 11.2 Å². The minimum absolute atomic E-state index is 0.0137. The van der Waals surface area contributed by atoms with Crippen LogP contribution in [0.25, 0.3) is 0 Å². The van der Waals surface area contributed by atoms with E-state index in [1.54, 1.807) is 0 Å². The van der Waals surface area contributed by atoms with Crippen LogP contribution in [0.15, 0.2) is 34.9 Å². The number of nitrogens with zero attached hydrogens (tertiary/aromatic N) is 2. The third-order valence-electron chi connectivity index (χ3n) is 1.95. The van der Waals surface area contributed by atoms with E-state index in [9.17, 15) is 13.2 Å². The van der Waals surface area contributed by atoms with Gasteiger partial charge in [-0.25, -0.2) is 4.98 Å². The van der Waals surface area contributed by atoms with Gasteiger partial charge in [0, 0.05) is 6.20 Å². The fraction of sp³-hybridized carbons (Fsp3) is 0.0909. The summed E-state index contributed by atoms with van der Waals surface area (Å²) in [6.07, 6.45) is -3.34. The number of rotatable bonds is 3. The Labute approximate surface area is 124 Å². The van der Waals surface area contributed by atoms with Crippen molar-refractivity contribution in [3.8, 4) is 17.4 Å². The molecule has 0 saturated carbocycles. The van der Waals surface area contributed by atoms with E-state index in [1.165, 1.54) is 18.3 Å². The van der Waals surface area contributed by atoms with Crippen molar-refractivity contribution in [3.63, 3.8) is 0 Å². The molecule has 0 spiro atoms. The van der Waals surface area contributed by atoms with Gasteiger partial charge in [0.05, 0.1) is 4.47 Å². The molecule has 4 nitrogen and oxygen atoms in total. The quantitative estimate of drug-likeness (QED) is 0.743. The van der Waals surface area contributed by atoms with E-state index in [0.29, 0.717) is 4.47 Å². The summed E-state index contributed by atoms with van der Waals surface area (Å²) in [5, 5.41) is -0.0137. The van der Waals surface area contributed by atoms with Crippen LogP contribution in [-0.4, -0.2) is 16.3 Å². The highest BCUT2D eigenvalue weighted by molar-refractivity contribution is 9.10. The first-order valence-electron chi connectivity index (χ1n) is 5.05. The Morgan fingerprint density at radius 1 is 1.10 bits per heavy atom. The van der Waals surface area contributed by atoms with Crippen molar-refractivity contribution in [2.75, 3.05) is 0 Å². The molecule has 1 heterocycles. The van der Waals surface area contributed by atoms with Crippen LogP contribution < -0.4 is 9.47 Å². The Morgan fingerprint density at radius 2 is 1.70 bits per heavy atom. The molecular formula is C11H5BrClF3N2O2. The summed E-state index contributed by atoms with van der Waals surface area (Å²) in [6.45, 7) is 0. The predicted molar refractivity (Wildman–Crippen MR) is 67.9 cm³/mol. The fourth-order valence-electron chi connectivity index (χ4n) is 1.22. The molecule has 1 aromatic carbocycles. The molecule has 0 unspecified atom stereocenters. The van der Waals surface area contributed by atoms with Crippen LogP contribution in [0.5, 0.6) is 17.4 Å². The highest BCUT2D eigenvalue weighted by Crippen LogP contribution is 2.30. The second kappa shape index (κ2) is 5.84. The van der Waals surface area contributed by atoms with Crippen molar-refractivity contribution < 1.29 is 22.6 Å². The van der Waals surface area contributed by atoms with Crippen molar-refractivity contribution in [1.82, 2.24) is 9.97 Å². The second-order valence-corrected chi connectivity index (χ2v) is 4.61. The molecule has 0 saturated heterocycles. The van der Waals surface area contributed by atoms with Gasteiger partial charge in [-0.3, -0.25) is 0 Å². The Bertz CT molecular complexity index is 608. The SMILES string of the molecule is FC(F)(F)Oc1ccc(Oc2nc(Cl)ncc2Br)cc1. The maximum Gasteiger partial charge on any atom is 0.573 e. The summed E-state index contributed by atoms with van der Waals surface area (Å²) in [6, 6.07) is 4.87. The molecule has 0 bridgehead atoms. The van der Waals surface area contributed by atoms with Gasteiger partial charge in [-0.15, -0.1) is 13.2 Å². The lowest BCUT2D eigenvalue weighted by atomic mass is 10.3. The van der Waals surface area contributed by atoms with Crippen LogP contribution in [0.2, 0.25) is 5.28 Å². The minimum atomic E-state index is -4.73. The predicted octanol–water partition coefficient (Wildman–Crippen LogP) is 4.58. The third kappa shape index (κ3) is 4.24. The largest absolute Gasteiger partial charge is 0.573 e. The van der Waals surface area contributed by atoms with Gasteiger partial charge in [-0.2, -0.15) is 4.98 Å². The standard InChI is InChI=1S/C11H5BrClF3N2O2/c12-8-5-17-10(13)18-9(8)19-6-1-3-7(4-2-6)20-11(14,15)16/h1-5H. The summed E-state index contributed by atoms with van der Waals surface area (Å²) >= 11 is 8.77. The number of ether oxygens (including phenoxy) is 2. The van der Waals surface area contributed by atoms with Crippen molar-refractivity contribution in [2.45, 2.75) is 6.36 Å². The maximum atomic E-state index is 12.0. The first kappa shape index (κ1) is 14.9. The van der Waals surface area contributed by atoms with E-state index in [4.69, 9.17) is 16.3 Å². The van der Waals surface area contributed by atoms with Gasteiger partial charge in [0.1, 0.15) is 11.5 Å². The van der Waals surface area contributed by atoms with Gasteiger partial charge in [-0.1, -0.05) is 0 Å². The first-order valence-corrected chi connectivity index (χ1v) is 6.22. The third-order valence-corrected chi connectivity index (χ3v) is 2.68. The van der Waals surface area contributed by atoms with Gasteiger partial charge >= 0.3 is 6.36 Å². The molecule has 0 radical (unpaired) electrons. The zero-order valence-corrected chi connectivity index (χ0v) is 11.8. The summed E-state index contributed by atoms with van der Waals surface area (Å²) in [5.41, 5.74) is 0. The lowest BCUT2D eigenvalue weighted by Gasteiger charge is -2.10. The number of hydrogen-bond acceptors (Lipinski definition) is 4. The van der Waals surface area contributed by atoms with Crippen molar-refractivity contribution in [2.24, 2.45) is 0 Å². The van der Waals surface area contributed by atoms with Crippen LogP contribution in [0.4, 0.5) is 13.2 Å². The van der Waals surface area contributed by atoms with Gasteiger partial charge in [-0.05, 0) is 51.8 Å². The van der Waals surface area contributed by atoms with E-state index < -0.39 is 6.36 Å². The molecule has 0 fully saturated rings. The first-order chi connectivity index (χ1) is 9.33. The number of hydrogen-bond donors (Lipinski definition) is 0. The van der Waals surface area contributed by atoms with Crippen LogP contribution in [0, 0.1) is 0 Å². The second-order valence-electron chi connectivity index (χ2n) is 3.41. The summed E-state index contributed by atoms with van der Waals surface area (Å²) < 4.78 is 45.5. The maximum absolute atomic E-state index is 12.0. The molecule has 0 atom stereocenters. The number of benzene rings is 1. The number of aromatic nitrogens is 2. The summed E-state index contributed by atoms with van der Waals surface area (Å²) in [4.78, 5) is 7.54. The van der Waals surface area contributed by atoms with Crippen LogP contribution in [0.3, 0.4) is 0 Å².